The molecule has 1 aliphatic heterocycles. The first-order valence-electron chi connectivity index (χ1n) is 12.9. The number of halogens is 3. The molecule has 2 N–H and O–H groups in total. The van der Waals surface area contributed by atoms with Crippen LogP contribution in [0.4, 0.5) is 35.9 Å². The van der Waals surface area contributed by atoms with Gasteiger partial charge in [0, 0.05) is 60.6 Å². The van der Waals surface area contributed by atoms with Crippen molar-refractivity contribution in [2.45, 2.75) is 20.0 Å². The fraction of sp³-hybridized carbons (Fsp3) is 0.233. The molecule has 0 aliphatic carbocycles. The highest BCUT2D eigenvalue weighted by atomic mass is 19.4. The van der Waals surface area contributed by atoms with Crippen LogP contribution in [0.25, 0.3) is 16.9 Å². The van der Waals surface area contributed by atoms with E-state index in [9.17, 15) is 18.0 Å². The first-order chi connectivity index (χ1) is 19.2. The summed E-state index contributed by atoms with van der Waals surface area (Å²) in [6.45, 7) is 9.50. The molecule has 7 nitrogen and oxygen atoms in total. The number of pyridine rings is 2. The standard InChI is InChI=1S/C30H29F3N6O/c1-19-4-11-28(40)39(23-8-10-27(25(17-23)30(31,32)33)38-14-12-35-13-15-38)29(19)24-16-21(7-9-26(24)34-3)37-22-6-5-20(2)36-18-22/h4-11,16-18,35,37H,3,12-15H2,1-2H3. The van der Waals surface area contributed by atoms with Crippen molar-refractivity contribution in [3.63, 3.8) is 0 Å². The van der Waals surface area contributed by atoms with Gasteiger partial charge in [-0.25, -0.2) is 0 Å². The Morgan fingerprint density at radius 2 is 1.73 bits per heavy atom. The van der Waals surface area contributed by atoms with Crippen molar-refractivity contribution in [1.82, 2.24) is 14.9 Å². The highest BCUT2D eigenvalue weighted by molar-refractivity contribution is 5.82. The summed E-state index contributed by atoms with van der Waals surface area (Å²) in [5.41, 5.74) is 3.48. The van der Waals surface area contributed by atoms with E-state index >= 15 is 0 Å². The van der Waals surface area contributed by atoms with Crippen LogP contribution < -0.4 is 21.1 Å². The quantitative estimate of drug-likeness (QED) is 0.289. The van der Waals surface area contributed by atoms with Gasteiger partial charge in [0.15, 0.2) is 0 Å². The SMILES string of the molecule is C=Nc1ccc(Nc2ccc(C)nc2)cc1-c1c(C)ccc(=O)n1-c1ccc(N2CCNCC2)c(C(F)(F)F)c1. The van der Waals surface area contributed by atoms with E-state index in [1.54, 1.807) is 29.3 Å². The fourth-order valence-corrected chi connectivity index (χ4v) is 4.95. The van der Waals surface area contributed by atoms with Gasteiger partial charge in [-0.05, 0) is 74.7 Å². The van der Waals surface area contributed by atoms with Crippen molar-refractivity contribution in [2.75, 3.05) is 36.4 Å². The van der Waals surface area contributed by atoms with E-state index in [0.29, 0.717) is 54.4 Å². The minimum Gasteiger partial charge on any atom is -0.368 e. The van der Waals surface area contributed by atoms with Crippen LogP contribution >= 0.6 is 0 Å². The average Bonchev–Trinajstić information content (AvgIpc) is 2.95. The van der Waals surface area contributed by atoms with Crippen LogP contribution in [-0.4, -0.2) is 42.4 Å². The minimum absolute atomic E-state index is 0.103. The second-order valence-electron chi connectivity index (χ2n) is 9.68. The zero-order valence-corrected chi connectivity index (χ0v) is 22.2. The third kappa shape index (κ3) is 5.48. The van der Waals surface area contributed by atoms with Gasteiger partial charge in [0.2, 0.25) is 0 Å². The number of nitrogens with zero attached hydrogens (tertiary/aromatic N) is 4. The lowest BCUT2D eigenvalue weighted by atomic mass is 10.0. The van der Waals surface area contributed by atoms with Gasteiger partial charge < -0.3 is 15.5 Å². The molecule has 40 heavy (non-hydrogen) atoms. The van der Waals surface area contributed by atoms with Crippen LogP contribution in [0.3, 0.4) is 0 Å². The predicted octanol–water partition coefficient (Wildman–Crippen LogP) is 6.02. The Morgan fingerprint density at radius 3 is 2.40 bits per heavy atom. The molecule has 0 spiro atoms. The molecule has 0 saturated carbocycles. The summed E-state index contributed by atoms with van der Waals surface area (Å²) in [7, 11) is 0. The lowest BCUT2D eigenvalue weighted by Gasteiger charge is -2.32. The number of nitrogens with one attached hydrogen (secondary N) is 2. The smallest absolute Gasteiger partial charge is 0.368 e. The molecule has 206 valence electrons. The maximum Gasteiger partial charge on any atom is 0.418 e. The van der Waals surface area contributed by atoms with Gasteiger partial charge in [0.05, 0.1) is 28.8 Å². The van der Waals surface area contributed by atoms with Crippen molar-refractivity contribution >= 4 is 29.5 Å². The van der Waals surface area contributed by atoms with Gasteiger partial charge in [-0.1, -0.05) is 6.07 Å². The summed E-state index contributed by atoms with van der Waals surface area (Å²) >= 11 is 0. The van der Waals surface area contributed by atoms with E-state index in [4.69, 9.17) is 0 Å². The number of piperazine rings is 1. The number of hydrogen-bond acceptors (Lipinski definition) is 6. The molecule has 1 aliphatic rings. The third-order valence-electron chi connectivity index (χ3n) is 6.92. The molecular weight excluding hydrogens is 517 g/mol. The number of alkyl halides is 3. The molecule has 5 rings (SSSR count). The number of aromatic nitrogens is 2. The van der Waals surface area contributed by atoms with Gasteiger partial charge >= 0.3 is 6.18 Å². The maximum absolute atomic E-state index is 14.3. The number of aryl methyl sites for hydroxylation is 2. The second kappa shape index (κ2) is 11.0. The summed E-state index contributed by atoms with van der Waals surface area (Å²) in [6, 6.07) is 16.2. The topological polar surface area (TPSA) is 74.5 Å². The summed E-state index contributed by atoms with van der Waals surface area (Å²) in [5, 5.41) is 6.45. The molecular formula is C30H29F3N6O. The van der Waals surface area contributed by atoms with Gasteiger partial charge in [-0.3, -0.25) is 19.3 Å². The predicted molar refractivity (Wildman–Crippen MR) is 154 cm³/mol. The van der Waals surface area contributed by atoms with E-state index in [2.05, 4.69) is 27.3 Å². The zero-order chi connectivity index (χ0) is 28.4. The first kappa shape index (κ1) is 27.1. The molecule has 4 aromatic rings. The van der Waals surface area contributed by atoms with E-state index in [1.165, 1.54) is 16.7 Å². The molecule has 0 radical (unpaired) electrons. The molecule has 2 aromatic carbocycles. The van der Waals surface area contributed by atoms with Gasteiger partial charge in [-0.2, -0.15) is 13.2 Å². The second-order valence-corrected chi connectivity index (χ2v) is 9.68. The van der Waals surface area contributed by atoms with Crippen molar-refractivity contribution in [2.24, 2.45) is 4.99 Å². The Hall–Kier alpha value is -4.44. The van der Waals surface area contributed by atoms with Crippen LogP contribution in [-0.2, 0) is 6.18 Å². The van der Waals surface area contributed by atoms with Crippen LogP contribution in [0.15, 0.2) is 76.6 Å². The van der Waals surface area contributed by atoms with E-state index in [1.807, 2.05) is 38.1 Å². The Kier molecular flexibility index (Phi) is 7.44. The Bertz CT molecular complexity index is 1610. The molecule has 0 atom stereocenters. The number of rotatable bonds is 6. The minimum atomic E-state index is -4.61. The molecule has 0 unspecified atom stereocenters. The normalized spacial score (nSPS) is 13.8. The molecule has 1 saturated heterocycles. The summed E-state index contributed by atoms with van der Waals surface area (Å²) < 4.78 is 44.3. The monoisotopic (exact) mass is 546 g/mol. The highest BCUT2D eigenvalue weighted by Gasteiger charge is 2.36. The van der Waals surface area contributed by atoms with Crippen LogP contribution in [0.5, 0.6) is 0 Å². The number of anilines is 3. The summed E-state index contributed by atoms with van der Waals surface area (Å²) in [4.78, 5) is 23.5. The van der Waals surface area contributed by atoms with E-state index in [0.717, 1.165) is 17.4 Å². The Balaban J connectivity index is 1.67. The van der Waals surface area contributed by atoms with Crippen LogP contribution in [0.1, 0.15) is 16.8 Å². The highest BCUT2D eigenvalue weighted by Crippen LogP contribution is 2.40. The maximum atomic E-state index is 14.3. The molecule has 1 fully saturated rings. The lowest BCUT2D eigenvalue weighted by Crippen LogP contribution is -2.44. The largest absolute Gasteiger partial charge is 0.418 e. The Morgan fingerprint density at radius 1 is 0.975 bits per heavy atom. The first-order valence-corrected chi connectivity index (χ1v) is 12.9. The number of hydrogen-bond donors (Lipinski definition) is 2. The number of aliphatic imine (C=N–C) groups is 1. The fourth-order valence-electron chi connectivity index (χ4n) is 4.95. The number of benzene rings is 2. The summed E-state index contributed by atoms with van der Waals surface area (Å²) in [6.07, 6.45) is -2.90. The zero-order valence-electron chi connectivity index (χ0n) is 22.2. The Labute approximate surface area is 230 Å². The third-order valence-corrected chi connectivity index (χ3v) is 6.92. The molecule has 0 bridgehead atoms. The van der Waals surface area contributed by atoms with Crippen LogP contribution in [0.2, 0.25) is 0 Å². The van der Waals surface area contributed by atoms with Crippen LogP contribution in [0, 0.1) is 13.8 Å². The molecule has 10 heteroatoms. The summed E-state index contributed by atoms with van der Waals surface area (Å²) in [5.74, 6) is 0. The lowest BCUT2D eigenvalue weighted by molar-refractivity contribution is -0.137. The van der Waals surface area contributed by atoms with E-state index < -0.39 is 17.3 Å². The van der Waals surface area contributed by atoms with Gasteiger partial charge in [0.1, 0.15) is 0 Å². The van der Waals surface area contributed by atoms with Crippen molar-refractivity contribution in [1.29, 1.82) is 0 Å². The van der Waals surface area contributed by atoms with Gasteiger partial charge in [-0.15, -0.1) is 0 Å². The average molecular weight is 547 g/mol. The van der Waals surface area contributed by atoms with Crippen molar-refractivity contribution < 1.29 is 13.2 Å². The molecule has 2 aromatic heterocycles. The van der Waals surface area contributed by atoms with E-state index in [-0.39, 0.29) is 11.4 Å². The van der Waals surface area contributed by atoms with Gasteiger partial charge in [0.25, 0.3) is 5.56 Å². The molecule has 3 heterocycles. The van der Waals surface area contributed by atoms with Crippen molar-refractivity contribution in [3.05, 3.63) is 94.0 Å². The molecule has 0 amide bonds. The van der Waals surface area contributed by atoms with Crippen molar-refractivity contribution in [3.8, 4) is 16.9 Å².